The molecule has 0 aliphatic heterocycles. The first-order chi connectivity index (χ1) is 13.9. The molecule has 9 nitrogen and oxygen atoms in total. The van der Waals surface area contributed by atoms with E-state index in [2.05, 4.69) is 10.0 Å². The summed E-state index contributed by atoms with van der Waals surface area (Å²) < 4.78 is 51.4. The molecular formula is C18H29N3O6S3. The van der Waals surface area contributed by atoms with Crippen LogP contribution < -0.4 is 10.0 Å². The van der Waals surface area contributed by atoms with Crippen molar-refractivity contribution in [2.75, 3.05) is 23.9 Å². The van der Waals surface area contributed by atoms with E-state index in [9.17, 15) is 26.9 Å². The minimum atomic E-state index is -4.10. The van der Waals surface area contributed by atoms with Gasteiger partial charge in [-0.1, -0.05) is 0 Å². The number of hydrogen-bond donors (Lipinski definition) is 2. The van der Waals surface area contributed by atoms with Gasteiger partial charge in [0, 0.05) is 23.4 Å². The Kier molecular flexibility index (Phi) is 8.16. The van der Waals surface area contributed by atoms with Crippen LogP contribution in [-0.4, -0.2) is 56.9 Å². The van der Waals surface area contributed by atoms with Crippen LogP contribution in [0.1, 0.15) is 38.7 Å². The fourth-order valence-electron chi connectivity index (χ4n) is 3.46. The second-order valence-electron chi connectivity index (χ2n) is 7.67. The number of thioether (sulfide) groups is 1. The van der Waals surface area contributed by atoms with Crippen molar-refractivity contribution in [3.05, 3.63) is 27.8 Å². The monoisotopic (exact) mass is 479 g/mol. The van der Waals surface area contributed by atoms with E-state index in [1.807, 2.05) is 6.26 Å². The van der Waals surface area contributed by atoms with Crippen molar-refractivity contribution < 1.29 is 21.8 Å². The maximum absolute atomic E-state index is 12.7. The zero-order chi connectivity index (χ0) is 22.7. The summed E-state index contributed by atoms with van der Waals surface area (Å²) in [5.74, 6) is -0.344. The molecule has 2 rings (SSSR count). The molecule has 30 heavy (non-hydrogen) atoms. The van der Waals surface area contributed by atoms with Crippen LogP contribution in [0.25, 0.3) is 0 Å². The SMILES string of the molecule is CSC1CCC(Nc2ccc(S(=O)(=O)NCCS(=O)(=O)C(C)C)c(C)c2[N+](=O)[O-])C1. The number of sulfonamides is 1. The first-order valence-electron chi connectivity index (χ1n) is 9.67. The second-order valence-corrected chi connectivity index (χ2v) is 13.2. The van der Waals surface area contributed by atoms with E-state index >= 15 is 0 Å². The maximum atomic E-state index is 12.7. The van der Waals surface area contributed by atoms with Gasteiger partial charge in [0.25, 0.3) is 5.69 Å². The molecule has 0 aromatic heterocycles. The lowest BCUT2D eigenvalue weighted by Crippen LogP contribution is -2.32. The topological polar surface area (TPSA) is 135 Å². The molecule has 0 amide bonds. The Hall–Kier alpha value is -1.37. The first-order valence-corrected chi connectivity index (χ1v) is 14.2. The number of nitro groups is 1. The number of sulfone groups is 1. The Morgan fingerprint density at radius 1 is 1.23 bits per heavy atom. The van der Waals surface area contributed by atoms with Crippen LogP contribution in [0, 0.1) is 17.0 Å². The summed E-state index contributed by atoms with van der Waals surface area (Å²) >= 11 is 1.77. The molecule has 1 aliphatic rings. The van der Waals surface area contributed by atoms with Crippen molar-refractivity contribution >= 4 is 43.0 Å². The van der Waals surface area contributed by atoms with Crippen LogP contribution in [-0.2, 0) is 19.9 Å². The van der Waals surface area contributed by atoms with Gasteiger partial charge in [0.05, 0.1) is 20.8 Å². The molecule has 1 aromatic carbocycles. The normalized spacial score (nSPS) is 19.9. The Labute approximate surface area is 182 Å². The van der Waals surface area contributed by atoms with Crippen LogP contribution in [0.3, 0.4) is 0 Å². The number of benzene rings is 1. The lowest BCUT2D eigenvalue weighted by Gasteiger charge is -2.17. The fraction of sp³-hybridized carbons (Fsp3) is 0.667. The Bertz CT molecular complexity index is 993. The van der Waals surface area contributed by atoms with Gasteiger partial charge in [-0.05, 0) is 58.4 Å². The van der Waals surface area contributed by atoms with Crippen molar-refractivity contribution in [1.29, 1.82) is 0 Å². The van der Waals surface area contributed by atoms with E-state index < -0.39 is 30.0 Å². The largest absolute Gasteiger partial charge is 0.377 e. The first kappa shape index (κ1) is 24.9. The number of nitrogens with one attached hydrogen (secondary N) is 2. The fourth-order valence-corrected chi connectivity index (χ4v) is 6.52. The predicted octanol–water partition coefficient (Wildman–Crippen LogP) is 2.70. The quantitative estimate of drug-likeness (QED) is 0.386. The molecule has 1 aliphatic carbocycles. The molecule has 2 unspecified atom stereocenters. The van der Waals surface area contributed by atoms with Crippen LogP contribution >= 0.6 is 11.8 Å². The molecule has 170 valence electrons. The Morgan fingerprint density at radius 2 is 1.90 bits per heavy atom. The van der Waals surface area contributed by atoms with Gasteiger partial charge in [-0.3, -0.25) is 10.1 Å². The minimum absolute atomic E-state index is 0.0173. The molecule has 1 fully saturated rings. The van der Waals surface area contributed by atoms with Gasteiger partial charge in [-0.2, -0.15) is 11.8 Å². The third-order valence-corrected chi connectivity index (χ3v) is 10.2. The van der Waals surface area contributed by atoms with Gasteiger partial charge in [-0.25, -0.2) is 21.6 Å². The highest BCUT2D eigenvalue weighted by molar-refractivity contribution is 7.99. The van der Waals surface area contributed by atoms with Crippen molar-refractivity contribution in [2.45, 2.75) is 61.5 Å². The molecule has 0 saturated heterocycles. The Balaban J connectivity index is 2.24. The van der Waals surface area contributed by atoms with Crippen molar-refractivity contribution in [2.24, 2.45) is 0 Å². The molecule has 0 radical (unpaired) electrons. The summed E-state index contributed by atoms with van der Waals surface area (Å²) in [5, 5.41) is 14.8. The van der Waals surface area contributed by atoms with Gasteiger partial charge in [0.15, 0.2) is 9.84 Å². The summed E-state index contributed by atoms with van der Waals surface area (Å²) in [6.07, 6.45) is 4.86. The lowest BCUT2D eigenvalue weighted by atomic mass is 10.1. The number of rotatable bonds is 10. The summed E-state index contributed by atoms with van der Waals surface area (Å²) in [5.41, 5.74) is 0.0366. The van der Waals surface area contributed by atoms with Crippen molar-refractivity contribution in [3.63, 3.8) is 0 Å². The molecule has 2 atom stereocenters. The molecule has 2 N–H and O–H groups in total. The lowest BCUT2D eigenvalue weighted by molar-refractivity contribution is -0.384. The van der Waals surface area contributed by atoms with Gasteiger partial charge < -0.3 is 5.32 Å². The molecular weight excluding hydrogens is 450 g/mol. The number of anilines is 1. The highest BCUT2D eigenvalue weighted by Crippen LogP contribution is 2.36. The minimum Gasteiger partial charge on any atom is -0.377 e. The molecule has 1 saturated carbocycles. The summed E-state index contributed by atoms with van der Waals surface area (Å²) in [6, 6.07) is 2.84. The standard InChI is InChI=1S/C18H29N3O6S3/c1-12(2)29(24,25)10-9-19-30(26,27)17-8-7-16(18(13(17)3)21(22)23)20-14-5-6-15(11-14)28-4/h7-8,12,14-15,19-20H,5-6,9-11H2,1-4H3. The molecule has 0 heterocycles. The van der Waals surface area contributed by atoms with Crippen LogP contribution in [0.4, 0.5) is 11.4 Å². The third kappa shape index (κ3) is 5.86. The average Bonchev–Trinajstić information content (AvgIpc) is 3.08. The van der Waals surface area contributed by atoms with E-state index in [-0.39, 0.29) is 34.5 Å². The molecule has 0 bridgehead atoms. The summed E-state index contributed by atoms with van der Waals surface area (Å²) in [7, 11) is -7.51. The molecule has 1 aromatic rings. The molecule has 0 spiro atoms. The van der Waals surface area contributed by atoms with Crippen molar-refractivity contribution in [1.82, 2.24) is 4.72 Å². The van der Waals surface area contributed by atoms with Gasteiger partial charge >= 0.3 is 0 Å². The average molecular weight is 480 g/mol. The van der Waals surface area contributed by atoms with Gasteiger partial charge in [-0.15, -0.1) is 0 Å². The van der Waals surface area contributed by atoms with Crippen molar-refractivity contribution in [3.8, 4) is 0 Å². The van der Waals surface area contributed by atoms with E-state index in [0.29, 0.717) is 10.9 Å². The summed E-state index contributed by atoms with van der Waals surface area (Å²) in [6.45, 7) is 4.14. The third-order valence-electron chi connectivity index (χ3n) is 5.33. The highest BCUT2D eigenvalue weighted by atomic mass is 32.2. The number of hydrogen-bond acceptors (Lipinski definition) is 8. The smallest absolute Gasteiger partial charge is 0.296 e. The zero-order valence-electron chi connectivity index (χ0n) is 17.5. The van der Waals surface area contributed by atoms with E-state index in [4.69, 9.17) is 0 Å². The van der Waals surface area contributed by atoms with E-state index in [1.54, 1.807) is 11.8 Å². The van der Waals surface area contributed by atoms with Crippen LogP contribution in [0.2, 0.25) is 0 Å². The predicted molar refractivity (Wildman–Crippen MR) is 121 cm³/mol. The highest BCUT2D eigenvalue weighted by Gasteiger charge is 2.30. The number of nitrogens with zero attached hydrogens (tertiary/aromatic N) is 1. The Morgan fingerprint density at radius 3 is 2.43 bits per heavy atom. The number of nitro benzene ring substituents is 1. The van der Waals surface area contributed by atoms with Crippen LogP contribution in [0.5, 0.6) is 0 Å². The van der Waals surface area contributed by atoms with E-state index in [1.165, 1.54) is 32.9 Å². The van der Waals surface area contributed by atoms with Gasteiger partial charge in [0.1, 0.15) is 5.69 Å². The van der Waals surface area contributed by atoms with Crippen LogP contribution in [0.15, 0.2) is 17.0 Å². The van der Waals surface area contributed by atoms with Gasteiger partial charge in [0.2, 0.25) is 10.0 Å². The summed E-state index contributed by atoms with van der Waals surface area (Å²) in [4.78, 5) is 10.9. The zero-order valence-corrected chi connectivity index (χ0v) is 20.0. The molecule has 12 heteroatoms. The van der Waals surface area contributed by atoms with E-state index in [0.717, 1.165) is 19.3 Å². The second kappa shape index (κ2) is 9.84. The maximum Gasteiger partial charge on any atom is 0.296 e.